The zero-order valence-electron chi connectivity index (χ0n) is 22.1. The molecule has 1 aliphatic carbocycles. The van der Waals surface area contributed by atoms with E-state index in [2.05, 4.69) is 48.2 Å². The molecule has 0 spiro atoms. The molecule has 0 aromatic heterocycles. The van der Waals surface area contributed by atoms with Gasteiger partial charge in [-0.1, -0.05) is 61.5 Å². The van der Waals surface area contributed by atoms with E-state index in [4.69, 9.17) is 9.47 Å². The van der Waals surface area contributed by atoms with Crippen LogP contribution in [0, 0.1) is 5.92 Å². The van der Waals surface area contributed by atoms with Gasteiger partial charge in [0, 0.05) is 6.54 Å². The van der Waals surface area contributed by atoms with Gasteiger partial charge >= 0.3 is 5.97 Å². The van der Waals surface area contributed by atoms with E-state index >= 15 is 0 Å². The van der Waals surface area contributed by atoms with Crippen LogP contribution in [0.1, 0.15) is 55.7 Å². The van der Waals surface area contributed by atoms with Crippen molar-refractivity contribution in [2.45, 2.75) is 45.1 Å². The number of aliphatic hydroxyl groups is 1. The number of ether oxygens (including phenoxy) is 2. The lowest BCUT2D eigenvalue weighted by atomic mass is 9.88. The molecular formula is C33H37NO4. The Labute approximate surface area is 225 Å². The first-order chi connectivity index (χ1) is 18.6. The van der Waals surface area contributed by atoms with Crippen molar-refractivity contribution in [3.63, 3.8) is 0 Å². The molecule has 2 aliphatic rings. The summed E-state index contributed by atoms with van der Waals surface area (Å²) in [5.41, 5.74) is 5.70. The van der Waals surface area contributed by atoms with E-state index in [-0.39, 0.29) is 18.5 Å². The maximum atomic E-state index is 12.1. The van der Waals surface area contributed by atoms with Crippen LogP contribution in [0.15, 0.2) is 78.9 Å². The largest absolute Gasteiger partial charge is 0.491 e. The van der Waals surface area contributed by atoms with Crippen molar-refractivity contribution < 1.29 is 19.4 Å². The highest BCUT2D eigenvalue weighted by atomic mass is 16.5. The fraction of sp³-hybridized carbons (Fsp3) is 0.364. The topological polar surface area (TPSA) is 59.0 Å². The molecule has 1 saturated heterocycles. The fourth-order valence-electron chi connectivity index (χ4n) is 5.11. The van der Waals surface area contributed by atoms with Crippen LogP contribution < -0.4 is 9.47 Å². The lowest BCUT2D eigenvalue weighted by molar-refractivity contribution is -0.135. The zero-order valence-corrected chi connectivity index (χ0v) is 22.1. The molecule has 1 heterocycles. The lowest BCUT2D eigenvalue weighted by Gasteiger charge is -2.20. The van der Waals surface area contributed by atoms with Gasteiger partial charge in [-0.25, -0.2) is 0 Å². The van der Waals surface area contributed by atoms with Crippen LogP contribution in [-0.4, -0.2) is 48.3 Å². The molecule has 0 radical (unpaired) electrons. The molecular weight excluding hydrogens is 474 g/mol. The number of esters is 1. The third-order valence-corrected chi connectivity index (χ3v) is 7.30. The summed E-state index contributed by atoms with van der Waals surface area (Å²) < 4.78 is 11.5. The smallest absolute Gasteiger partial charge is 0.314 e. The quantitative estimate of drug-likeness (QED) is 0.189. The minimum Gasteiger partial charge on any atom is -0.491 e. The standard InChI is InChI=1S/C33H37NO4/c1-2-31(24-8-4-3-5-9-24)32(26-14-18-30(19-15-26)38-33(36)27-10-11-27)25-12-16-29(17-13-25)37-23-28(35)22-34-20-6-7-21-34/h3-5,8-9,12-19,27-28,35H,2,6-7,10-11,20-23H2,1H3/b32-31+. The van der Waals surface area contributed by atoms with E-state index in [1.807, 2.05) is 42.5 Å². The predicted octanol–water partition coefficient (Wildman–Crippen LogP) is 6.21. The van der Waals surface area contributed by atoms with Gasteiger partial charge < -0.3 is 19.5 Å². The number of hydrogen-bond donors (Lipinski definition) is 1. The molecule has 1 saturated carbocycles. The first kappa shape index (κ1) is 26.2. The number of likely N-dealkylation sites (tertiary alicyclic amines) is 1. The van der Waals surface area contributed by atoms with Crippen LogP contribution in [-0.2, 0) is 4.79 Å². The van der Waals surface area contributed by atoms with E-state index in [1.54, 1.807) is 0 Å². The van der Waals surface area contributed by atoms with Crippen LogP contribution >= 0.6 is 0 Å². The van der Waals surface area contributed by atoms with Crippen molar-refractivity contribution in [1.29, 1.82) is 0 Å². The second kappa shape index (κ2) is 12.4. The number of rotatable bonds is 11. The van der Waals surface area contributed by atoms with E-state index in [9.17, 15) is 9.90 Å². The van der Waals surface area contributed by atoms with Crippen LogP contribution in [0.3, 0.4) is 0 Å². The van der Waals surface area contributed by atoms with Gasteiger partial charge in [-0.3, -0.25) is 4.79 Å². The van der Waals surface area contributed by atoms with E-state index in [0.717, 1.165) is 54.8 Å². The van der Waals surface area contributed by atoms with Crippen molar-refractivity contribution in [2.24, 2.45) is 5.92 Å². The number of hydrogen-bond acceptors (Lipinski definition) is 5. The molecule has 38 heavy (non-hydrogen) atoms. The second-order valence-electron chi connectivity index (χ2n) is 10.3. The highest BCUT2D eigenvalue weighted by Crippen LogP contribution is 2.36. The van der Waals surface area contributed by atoms with Crippen molar-refractivity contribution in [1.82, 2.24) is 4.90 Å². The molecule has 3 aromatic rings. The molecule has 1 aliphatic heterocycles. The predicted molar refractivity (Wildman–Crippen MR) is 151 cm³/mol. The minimum absolute atomic E-state index is 0.0666. The fourth-order valence-corrected chi connectivity index (χ4v) is 5.11. The summed E-state index contributed by atoms with van der Waals surface area (Å²) in [6.07, 6.45) is 4.64. The second-order valence-corrected chi connectivity index (χ2v) is 10.3. The number of nitrogens with zero attached hydrogens (tertiary/aromatic N) is 1. The summed E-state index contributed by atoms with van der Waals surface area (Å²) in [6.45, 7) is 5.24. The third kappa shape index (κ3) is 6.72. The lowest BCUT2D eigenvalue weighted by Crippen LogP contribution is -2.33. The van der Waals surface area contributed by atoms with Crippen LogP contribution in [0.5, 0.6) is 11.5 Å². The Hall–Kier alpha value is -3.41. The maximum absolute atomic E-state index is 12.1. The van der Waals surface area contributed by atoms with Gasteiger partial charge in [0.25, 0.3) is 0 Å². The Morgan fingerprint density at radius 2 is 1.47 bits per heavy atom. The molecule has 1 atom stereocenters. The molecule has 5 heteroatoms. The summed E-state index contributed by atoms with van der Waals surface area (Å²) in [4.78, 5) is 14.4. The molecule has 2 fully saturated rings. The molecule has 3 aromatic carbocycles. The molecule has 0 amide bonds. The highest BCUT2D eigenvalue weighted by molar-refractivity contribution is 5.98. The van der Waals surface area contributed by atoms with Gasteiger partial charge in [0.15, 0.2) is 0 Å². The molecule has 1 N–H and O–H groups in total. The number of β-amino-alcohol motifs (C(OH)–C–C–N with tert-alkyl or cyclic N) is 1. The molecule has 5 rings (SSSR count). The SMILES string of the molecule is CC/C(=C(/c1ccc(OCC(O)CN2CCCC2)cc1)c1ccc(OC(=O)C2CC2)cc1)c1ccccc1. The summed E-state index contributed by atoms with van der Waals surface area (Å²) in [6, 6.07) is 26.4. The minimum atomic E-state index is -0.500. The number of carbonyl (C=O) groups is 1. The van der Waals surface area contributed by atoms with Crippen molar-refractivity contribution in [2.75, 3.05) is 26.2 Å². The Balaban J connectivity index is 1.37. The van der Waals surface area contributed by atoms with Crippen LogP contribution in [0.25, 0.3) is 11.1 Å². The van der Waals surface area contributed by atoms with Gasteiger partial charge in [-0.15, -0.1) is 0 Å². The summed E-state index contributed by atoms with van der Waals surface area (Å²) in [7, 11) is 0. The van der Waals surface area contributed by atoms with E-state index in [0.29, 0.717) is 12.3 Å². The van der Waals surface area contributed by atoms with Gasteiger partial charge in [-0.05, 0) is 97.3 Å². The van der Waals surface area contributed by atoms with Crippen molar-refractivity contribution in [3.05, 3.63) is 95.6 Å². The monoisotopic (exact) mass is 511 g/mol. The third-order valence-electron chi connectivity index (χ3n) is 7.30. The van der Waals surface area contributed by atoms with Gasteiger partial charge in [0.05, 0.1) is 5.92 Å². The average Bonchev–Trinajstić information content (AvgIpc) is 3.69. The van der Waals surface area contributed by atoms with E-state index in [1.165, 1.54) is 24.0 Å². The van der Waals surface area contributed by atoms with Gasteiger partial charge in [-0.2, -0.15) is 0 Å². The Morgan fingerprint density at radius 3 is 2.05 bits per heavy atom. The normalized spacial score (nSPS) is 17.1. The summed E-state index contributed by atoms with van der Waals surface area (Å²) >= 11 is 0. The zero-order chi connectivity index (χ0) is 26.3. The molecule has 0 bridgehead atoms. The van der Waals surface area contributed by atoms with Crippen molar-refractivity contribution in [3.8, 4) is 11.5 Å². The molecule has 5 nitrogen and oxygen atoms in total. The Bertz CT molecular complexity index is 1220. The Kier molecular flexibility index (Phi) is 8.57. The van der Waals surface area contributed by atoms with Gasteiger partial charge in [0.2, 0.25) is 0 Å². The van der Waals surface area contributed by atoms with Crippen LogP contribution in [0.4, 0.5) is 0 Å². The van der Waals surface area contributed by atoms with Crippen molar-refractivity contribution >= 4 is 17.1 Å². The summed E-state index contributed by atoms with van der Waals surface area (Å²) in [5.74, 6) is 1.26. The number of allylic oxidation sites excluding steroid dienone is 1. The number of carbonyl (C=O) groups excluding carboxylic acids is 1. The Morgan fingerprint density at radius 1 is 0.868 bits per heavy atom. The first-order valence-corrected chi connectivity index (χ1v) is 13.8. The van der Waals surface area contributed by atoms with Gasteiger partial charge in [0.1, 0.15) is 24.2 Å². The number of benzene rings is 3. The maximum Gasteiger partial charge on any atom is 0.314 e. The number of aliphatic hydroxyl groups excluding tert-OH is 1. The van der Waals surface area contributed by atoms with Crippen LogP contribution in [0.2, 0.25) is 0 Å². The molecule has 198 valence electrons. The highest BCUT2D eigenvalue weighted by Gasteiger charge is 2.31. The molecule has 1 unspecified atom stereocenters. The summed E-state index contributed by atoms with van der Waals surface area (Å²) in [5, 5.41) is 10.4. The van der Waals surface area contributed by atoms with E-state index < -0.39 is 6.10 Å². The first-order valence-electron chi connectivity index (χ1n) is 13.8. The average molecular weight is 512 g/mol.